The topological polar surface area (TPSA) is 65.1 Å². The van der Waals surface area contributed by atoms with Crippen molar-refractivity contribution in [3.05, 3.63) is 18.7 Å². The Balaban J connectivity index is 2.08. The first kappa shape index (κ1) is 14.2. The van der Waals surface area contributed by atoms with E-state index < -0.39 is 0 Å². The molecule has 0 aliphatic heterocycles. The van der Waals surface area contributed by atoms with Crippen LogP contribution in [0.5, 0.6) is 0 Å². The number of nitrogens with one attached hydrogen (secondary N) is 1. The second-order valence-electron chi connectivity index (χ2n) is 4.19. The molecule has 1 aromatic rings. The van der Waals surface area contributed by atoms with Crippen LogP contribution in [-0.2, 0) is 11.3 Å². The van der Waals surface area contributed by atoms with Crippen molar-refractivity contribution >= 4 is 0 Å². The zero-order chi connectivity index (χ0) is 12.3. The standard InChI is InChI=1S/C12H24N4O/c1-17-10-12(4-2-5-13)15-6-3-8-16-9-7-14-11-16/h7,9,11-12,15H,2-6,8,10,13H2,1H3. The number of imidazole rings is 1. The van der Waals surface area contributed by atoms with Gasteiger partial charge < -0.3 is 20.4 Å². The summed E-state index contributed by atoms with van der Waals surface area (Å²) in [6.07, 6.45) is 8.86. The smallest absolute Gasteiger partial charge is 0.0945 e. The number of hydrogen-bond donors (Lipinski definition) is 2. The molecule has 0 amide bonds. The fraction of sp³-hybridized carbons (Fsp3) is 0.750. The summed E-state index contributed by atoms with van der Waals surface area (Å²) in [5, 5.41) is 3.50. The zero-order valence-electron chi connectivity index (χ0n) is 10.6. The highest BCUT2D eigenvalue weighted by Crippen LogP contribution is 1.97. The minimum atomic E-state index is 0.423. The van der Waals surface area contributed by atoms with Gasteiger partial charge in [0, 0.05) is 32.1 Å². The molecule has 1 rings (SSSR count). The first-order chi connectivity index (χ1) is 8.36. The lowest BCUT2D eigenvalue weighted by molar-refractivity contribution is 0.161. The normalized spacial score (nSPS) is 12.8. The van der Waals surface area contributed by atoms with Gasteiger partial charge in [-0.1, -0.05) is 0 Å². The van der Waals surface area contributed by atoms with Crippen LogP contribution in [0.2, 0.25) is 0 Å². The third kappa shape index (κ3) is 6.41. The Labute approximate surface area is 103 Å². The van der Waals surface area contributed by atoms with Crippen molar-refractivity contribution in [1.29, 1.82) is 0 Å². The molecule has 1 heterocycles. The van der Waals surface area contributed by atoms with Gasteiger partial charge in [-0.2, -0.15) is 0 Å². The van der Waals surface area contributed by atoms with E-state index >= 15 is 0 Å². The molecular formula is C12H24N4O. The van der Waals surface area contributed by atoms with Crippen molar-refractivity contribution in [2.45, 2.75) is 31.8 Å². The highest BCUT2D eigenvalue weighted by atomic mass is 16.5. The number of aryl methyl sites for hydroxylation is 1. The molecule has 1 aromatic heterocycles. The quantitative estimate of drug-likeness (QED) is 0.588. The van der Waals surface area contributed by atoms with Crippen molar-refractivity contribution in [1.82, 2.24) is 14.9 Å². The third-order valence-corrected chi connectivity index (χ3v) is 2.71. The number of rotatable bonds is 10. The number of hydrogen-bond acceptors (Lipinski definition) is 4. The zero-order valence-corrected chi connectivity index (χ0v) is 10.6. The van der Waals surface area contributed by atoms with E-state index in [4.69, 9.17) is 10.5 Å². The van der Waals surface area contributed by atoms with Crippen molar-refractivity contribution in [2.24, 2.45) is 5.73 Å². The van der Waals surface area contributed by atoms with Crippen LogP contribution in [0.15, 0.2) is 18.7 Å². The summed E-state index contributed by atoms with van der Waals surface area (Å²) < 4.78 is 7.28. The number of aromatic nitrogens is 2. The molecule has 0 spiro atoms. The number of ether oxygens (including phenoxy) is 1. The average Bonchev–Trinajstić information content (AvgIpc) is 2.84. The third-order valence-electron chi connectivity index (χ3n) is 2.71. The van der Waals surface area contributed by atoms with Gasteiger partial charge in [0.15, 0.2) is 0 Å². The molecule has 98 valence electrons. The molecule has 17 heavy (non-hydrogen) atoms. The van der Waals surface area contributed by atoms with Crippen LogP contribution < -0.4 is 11.1 Å². The molecule has 5 heteroatoms. The van der Waals surface area contributed by atoms with Crippen molar-refractivity contribution in [2.75, 3.05) is 26.8 Å². The summed E-state index contributed by atoms with van der Waals surface area (Å²) in [6.45, 7) is 3.50. The van der Waals surface area contributed by atoms with E-state index in [1.165, 1.54) is 0 Å². The summed E-state index contributed by atoms with van der Waals surface area (Å²) in [5.74, 6) is 0. The largest absolute Gasteiger partial charge is 0.383 e. The van der Waals surface area contributed by atoms with Gasteiger partial charge in [-0.15, -0.1) is 0 Å². The molecule has 0 saturated carbocycles. The Morgan fingerprint density at radius 3 is 3.00 bits per heavy atom. The monoisotopic (exact) mass is 240 g/mol. The molecule has 0 aromatic carbocycles. The Morgan fingerprint density at radius 2 is 2.35 bits per heavy atom. The molecule has 0 radical (unpaired) electrons. The van der Waals surface area contributed by atoms with Crippen LogP contribution in [-0.4, -0.2) is 42.4 Å². The molecule has 0 saturated heterocycles. The van der Waals surface area contributed by atoms with E-state index in [9.17, 15) is 0 Å². The lowest BCUT2D eigenvalue weighted by Crippen LogP contribution is -2.34. The number of nitrogens with two attached hydrogens (primary N) is 1. The van der Waals surface area contributed by atoms with E-state index in [1.54, 1.807) is 7.11 Å². The van der Waals surface area contributed by atoms with Gasteiger partial charge in [-0.25, -0.2) is 4.98 Å². The van der Waals surface area contributed by atoms with Crippen molar-refractivity contribution in [3.8, 4) is 0 Å². The Morgan fingerprint density at radius 1 is 1.47 bits per heavy atom. The second-order valence-corrected chi connectivity index (χ2v) is 4.19. The second kappa shape index (κ2) is 9.15. The Bertz CT molecular complexity index is 263. The lowest BCUT2D eigenvalue weighted by atomic mass is 10.1. The first-order valence-corrected chi connectivity index (χ1v) is 6.25. The van der Waals surface area contributed by atoms with Crippen molar-refractivity contribution in [3.63, 3.8) is 0 Å². The van der Waals surface area contributed by atoms with Gasteiger partial charge in [0.25, 0.3) is 0 Å². The molecular weight excluding hydrogens is 216 g/mol. The Kier molecular flexibility index (Phi) is 7.62. The van der Waals surface area contributed by atoms with Gasteiger partial charge in [0.05, 0.1) is 12.9 Å². The van der Waals surface area contributed by atoms with Gasteiger partial charge in [-0.05, 0) is 32.4 Å². The van der Waals surface area contributed by atoms with Crippen LogP contribution in [0.25, 0.3) is 0 Å². The predicted octanol–water partition coefficient (Wildman–Crippen LogP) is 0.617. The Hall–Kier alpha value is -0.910. The van der Waals surface area contributed by atoms with Crippen LogP contribution >= 0.6 is 0 Å². The predicted molar refractivity (Wildman–Crippen MR) is 68.8 cm³/mol. The van der Waals surface area contributed by atoms with Gasteiger partial charge in [0.2, 0.25) is 0 Å². The molecule has 0 bridgehead atoms. The van der Waals surface area contributed by atoms with Crippen LogP contribution in [0, 0.1) is 0 Å². The van der Waals surface area contributed by atoms with Gasteiger partial charge in [-0.3, -0.25) is 0 Å². The summed E-state index contributed by atoms with van der Waals surface area (Å²) in [4.78, 5) is 4.01. The molecule has 0 aliphatic rings. The maximum absolute atomic E-state index is 5.51. The highest BCUT2D eigenvalue weighted by molar-refractivity contribution is 4.74. The SMILES string of the molecule is COCC(CCCN)NCCCn1ccnc1. The van der Waals surface area contributed by atoms with Crippen LogP contribution in [0.4, 0.5) is 0 Å². The first-order valence-electron chi connectivity index (χ1n) is 6.25. The van der Waals surface area contributed by atoms with E-state index in [2.05, 4.69) is 14.9 Å². The van der Waals surface area contributed by atoms with E-state index in [0.717, 1.165) is 45.5 Å². The average molecular weight is 240 g/mol. The summed E-state index contributed by atoms with van der Waals surface area (Å²) in [7, 11) is 1.74. The van der Waals surface area contributed by atoms with Crippen molar-refractivity contribution < 1.29 is 4.74 Å². The van der Waals surface area contributed by atoms with E-state index in [-0.39, 0.29) is 0 Å². The minimum absolute atomic E-state index is 0.423. The van der Waals surface area contributed by atoms with Gasteiger partial charge >= 0.3 is 0 Å². The number of methoxy groups -OCH3 is 1. The van der Waals surface area contributed by atoms with Gasteiger partial charge in [0.1, 0.15) is 0 Å². The fourth-order valence-corrected chi connectivity index (χ4v) is 1.80. The summed E-state index contributed by atoms with van der Waals surface area (Å²) in [6, 6.07) is 0.423. The maximum atomic E-state index is 5.51. The molecule has 1 atom stereocenters. The minimum Gasteiger partial charge on any atom is -0.383 e. The van der Waals surface area contributed by atoms with Crippen LogP contribution in [0.3, 0.4) is 0 Å². The number of nitrogens with zero attached hydrogens (tertiary/aromatic N) is 2. The summed E-state index contributed by atoms with van der Waals surface area (Å²) in [5.41, 5.74) is 5.51. The molecule has 5 nitrogen and oxygen atoms in total. The van der Waals surface area contributed by atoms with E-state index in [1.807, 2.05) is 18.7 Å². The highest BCUT2D eigenvalue weighted by Gasteiger charge is 2.06. The fourth-order valence-electron chi connectivity index (χ4n) is 1.80. The molecule has 1 unspecified atom stereocenters. The molecule has 0 aliphatic carbocycles. The van der Waals surface area contributed by atoms with E-state index in [0.29, 0.717) is 6.04 Å². The van der Waals surface area contributed by atoms with Crippen LogP contribution in [0.1, 0.15) is 19.3 Å². The molecule has 0 fully saturated rings. The maximum Gasteiger partial charge on any atom is 0.0945 e. The lowest BCUT2D eigenvalue weighted by Gasteiger charge is -2.17. The molecule has 3 N–H and O–H groups in total. The summed E-state index contributed by atoms with van der Waals surface area (Å²) >= 11 is 0.